The second-order valence-electron chi connectivity index (χ2n) is 7.56. The van der Waals surface area contributed by atoms with Crippen molar-refractivity contribution in [2.45, 2.75) is 32.5 Å². The van der Waals surface area contributed by atoms with Gasteiger partial charge in [0.15, 0.2) is 0 Å². The van der Waals surface area contributed by atoms with Crippen LogP contribution in [0.25, 0.3) is 0 Å². The topological polar surface area (TPSA) is 85.3 Å². The van der Waals surface area contributed by atoms with Gasteiger partial charge >= 0.3 is 12.1 Å². The molecule has 1 N–H and O–H groups in total. The summed E-state index contributed by atoms with van der Waals surface area (Å²) in [7, 11) is 3.11. The molecule has 7 heteroatoms. The first-order chi connectivity index (χ1) is 13.6. The number of rotatable bonds is 6. The number of nitrogens with zero attached hydrogens (tertiary/aromatic N) is 1. The van der Waals surface area contributed by atoms with Crippen LogP contribution in [0.15, 0.2) is 48.5 Å². The number of likely N-dealkylation sites (N-methyl/N-ethyl adjacent to an activating group) is 1. The van der Waals surface area contributed by atoms with E-state index in [1.54, 1.807) is 83.5 Å². The maximum atomic E-state index is 12.2. The Morgan fingerprint density at radius 1 is 1.00 bits per heavy atom. The van der Waals surface area contributed by atoms with Gasteiger partial charge in [0, 0.05) is 7.05 Å². The SMILES string of the molecule is COc1ccc(C(=O)Oc2ccc(C(O)CN(C)C(=O)OC(C)(C)C)cc2)cc1. The first-order valence-corrected chi connectivity index (χ1v) is 9.17. The molecule has 0 aromatic heterocycles. The number of carbonyl (C=O) groups excluding carboxylic acids is 2. The van der Waals surface area contributed by atoms with Gasteiger partial charge in [0.2, 0.25) is 0 Å². The number of methoxy groups -OCH3 is 1. The molecule has 0 saturated heterocycles. The summed E-state index contributed by atoms with van der Waals surface area (Å²) in [5, 5.41) is 10.4. The molecule has 2 aromatic carbocycles. The van der Waals surface area contributed by atoms with Crippen molar-refractivity contribution >= 4 is 12.1 Å². The van der Waals surface area contributed by atoms with Gasteiger partial charge in [-0.15, -0.1) is 0 Å². The van der Waals surface area contributed by atoms with E-state index in [0.29, 0.717) is 22.6 Å². The average molecular weight is 401 g/mol. The molecule has 0 bridgehead atoms. The van der Waals surface area contributed by atoms with Crippen molar-refractivity contribution in [2.75, 3.05) is 20.7 Å². The third-order valence-corrected chi connectivity index (χ3v) is 3.95. The number of hydrogen-bond donors (Lipinski definition) is 1. The van der Waals surface area contributed by atoms with E-state index in [1.807, 2.05) is 0 Å². The van der Waals surface area contributed by atoms with Gasteiger partial charge < -0.3 is 24.2 Å². The van der Waals surface area contributed by atoms with Gasteiger partial charge in [-0.1, -0.05) is 12.1 Å². The van der Waals surface area contributed by atoms with Gasteiger partial charge in [0.05, 0.1) is 25.3 Å². The van der Waals surface area contributed by atoms with Gasteiger partial charge in [0.1, 0.15) is 17.1 Å². The Labute approximate surface area is 170 Å². The van der Waals surface area contributed by atoms with Gasteiger partial charge in [-0.05, 0) is 62.7 Å². The number of benzene rings is 2. The number of amides is 1. The largest absolute Gasteiger partial charge is 0.497 e. The Hall–Kier alpha value is -3.06. The zero-order valence-corrected chi connectivity index (χ0v) is 17.3. The van der Waals surface area contributed by atoms with Crippen LogP contribution in [0.4, 0.5) is 4.79 Å². The van der Waals surface area contributed by atoms with Gasteiger partial charge in [0.25, 0.3) is 0 Å². The molecule has 2 aromatic rings. The van der Waals surface area contributed by atoms with Crippen LogP contribution in [0.3, 0.4) is 0 Å². The average Bonchev–Trinajstić information content (AvgIpc) is 2.67. The number of esters is 1. The Balaban J connectivity index is 1.94. The molecule has 0 aliphatic heterocycles. The number of aliphatic hydroxyl groups excluding tert-OH is 1. The van der Waals surface area contributed by atoms with Crippen LogP contribution in [0.5, 0.6) is 11.5 Å². The van der Waals surface area contributed by atoms with E-state index in [0.717, 1.165) is 0 Å². The summed E-state index contributed by atoms with van der Waals surface area (Å²) in [6.07, 6.45) is -1.42. The van der Waals surface area contributed by atoms with Crippen LogP contribution in [0, 0.1) is 0 Å². The zero-order chi connectivity index (χ0) is 21.6. The van der Waals surface area contributed by atoms with Gasteiger partial charge in [-0.2, -0.15) is 0 Å². The fourth-order valence-electron chi connectivity index (χ4n) is 2.43. The molecule has 156 valence electrons. The Bertz CT molecular complexity index is 824. The Kier molecular flexibility index (Phi) is 7.23. The van der Waals surface area contributed by atoms with Gasteiger partial charge in [-0.25, -0.2) is 9.59 Å². The fraction of sp³-hybridized carbons (Fsp3) is 0.364. The van der Waals surface area contributed by atoms with Crippen LogP contribution in [0.1, 0.15) is 42.8 Å². The maximum Gasteiger partial charge on any atom is 0.410 e. The van der Waals surface area contributed by atoms with Crippen molar-refractivity contribution in [3.05, 3.63) is 59.7 Å². The lowest BCUT2D eigenvalue weighted by molar-refractivity contribution is 0.0205. The third kappa shape index (κ3) is 6.80. The van der Waals surface area contributed by atoms with Crippen molar-refractivity contribution in [1.82, 2.24) is 4.90 Å². The summed E-state index contributed by atoms with van der Waals surface area (Å²) in [5.41, 5.74) is 0.379. The quantitative estimate of drug-likeness (QED) is 0.585. The molecular weight excluding hydrogens is 374 g/mol. The van der Waals surface area contributed by atoms with Crippen molar-refractivity contribution < 1.29 is 28.9 Å². The highest BCUT2D eigenvalue weighted by Gasteiger charge is 2.22. The molecule has 2 rings (SSSR count). The monoisotopic (exact) mass is 401 g/mol. The predicted octanol–water partition coefficient (Wildman–Crippen LogP) is 3.81. The van der Waals surface area contributed by atoms with Crippen molar-refractivity contribution in [2.24, 2.45) is 0 Å². The lowest BCUT2D eigenvalue weighted by Gasteiger charge is -2.26. The molecule has 29 heavy (non-hydrogen) atoms. The molecule has 0 radical (unpaired) electrons. The summed E-state index contributed by atoms with van der Waals surface area (Å²) in [6.45, 7) is 5.41. The highest BCUT2D eigenvalue weighted by molar-refractivity contribution is 5.91. The van der Waals surface area contributed by atoms with Crippen LogP contribution in [-0.2, 0) is 4.74 Å². The molecule has 0 fully saturated rings. The lowest BCUT2D eigenvalue weighted by Crippen LogP contribution is -2.36. The summed E-state index contributed by atoms with van der Waals surface area (Å²) in [6, 6.07) is 13.1. The van der Waals surface area contributed by atoms with Crippen LogP contribution < -0.4 is 9.47 Å². The molecule has 0 saturated carbocycles. The van der Waals surface area contributed by atoms with E-state index in [1.165, 1.54) is 4.90 Å². The van der Waals surface area contributed by atoms with E-state index in [-0.39, 0.29) is 6.54 Å². The molecule has 0 aliphatic rings. The number of ether oxygens (including phenoxy) is 3. The smallest absolute Gasteiger partial charge is 0.410 e. The third-order valence-electron chi connectivity index (χ3n) is 3.95. The molecule has 1 amide bonds. The lowest BCUT2D eigenvalue weighted by atomic mass is 10.1. The zero-order valence-electron chi connectivity index (χ0n) is 17.3. The van der Waals surface area contributed by atoms with Crippen LogP contribution in [0.2, 0.25) is 0 Å². The van der Waals surface area contributed by atoms with E-state index in [2.05, 4.69) is 0 Å². The second kappa shape index (κ2) is 9.43. The summed E-state index contributed by atoms with van der Waals surface area (Å²) >= 11 is 0. The van der Waals surface area contributed by atoms with Crippen molar-refractivity contribution in [3.63, 3.8) is 0 Å². The minimum Gasteiger partial charge on any atom is -0.497 e. The van der Waals surface area contributed by atoms with Crippen LogP contribution in [-0.4, -0.2) is 48.4 Å². The second-order valence-corrected chi connectivity index (χ2v) is 7.56. The molecule has 0 heterocycles. The van der Waals surface area contributed by atoms with E-state index in [4.69, 9.17) is 14.2 Å². The minimum absolute atomic E-state index is 0.0693. The highest BCUT2D eigenvalue weighted by atomic mass is 16.6. The normalized spacial score (nSPS) is 12.1. The first-order valence-electron chi connectivity index (χ1n) is 9.17. The Morgan fingerprint density at radius 2 is 1.55 bits per heavy atom. The number of hydrogen-bond acceptors (Lipinski definition) is 6. The van der Waals surface area contributed by atoms with Gasteiger partial charge in [-0.3, -0.25) is 0 Å². The standard InChI is InChI=1S/C22H27NO6/c1-22(2,3)29-21(26)23(4)14-19(24)15-6-12-18(13-7-15)28-20(25)16-8-10-17(27-5)11-9-16/h6-13,19,24H,14H2,1-5H3. The molecule has 1 unspecified atom stereocenters. The van der Waals surface area contributed by atoms with E-state index >= 15 is 0 Å². The molecule has 7 nitrogen and oxygen atoms in total. The molecule has 0 spiro atoms. The molecule has 1 atom stereocenters. The highest BCUT2D eigenvalue weighted by Crippen LogP contribution is 2.21. The molecular formula is C22H27NO6. The Morgan fingerprint density at radius 3 is 2.07 bits per heavy atom. The van der Waals surface area contributed by atoms with Crippen molar-refractivity contribution in [3.8, 4) is 11.5 Å². The number of aliphatic hydroxyl groups is 1. The van der Waals surface area contributed by atoms with E-state index in [9.17, 15) is 14.7 Å². The summed E-state index contributed by atoms with van der Waals surface area (Å²) in [4.78, 5) is 25.5. The minimum atomic E-state index is -0.904. The molecule has 0 aliphatic carbocycles. The predicted molar refractivity (Wildman–Crippen MR) is 108 cm³/mol. The maximum absolute atomic E-state index is 12.2. The summed E-state index contributed by atoms with van der Waals surface area (Å²) < 4.78 is 15.7. The fourth-order valence-corrected chi connectivity index (χ4v) is 2.43. The first kappa shape index (κ1) is 22.2. The van der Waals surface area contributed by atoms with E-state index < -0.39 is 23.8 Å². The summed E-state index contributed by atoms with van der Waals surface area (Å²) in [5.74, 6) is 0.504. The van der Waals surface area contributed by atoms with Crippen LogP contribution >= 0.6 is 0 Å². The van der Waals surface area contributed by atoms with Crippen molar-refractivity contribution in [1.29, 1.82) is 0 Å². The number of carbonyl (C=O) groups is 2.